The van der Waals surface area contributed by atoms with Crippen LogP contribution in [0.4, 0.5) is 0 Å². The van der Waals surface area contributed by atoms with E-state index in [2.05, 4.69) is 35.6 Å². The van der Waals surface area contributed by atoms with Gasteiger partial charge >= 0.3 is 0 Å². The van der Waals surface area contributed by atoms with Crippen molar-refractivity contribution in [1.82, 2.24) is 10.3 Å². The molecule has 0 fully saturated rings. The predicted octanol–water partition coefficient (Wildman–Crippen LogP) is 2.25. The molecule has 2 N–H and O–H groups in total. The maximum Gasteiger partial charge on any atom is 0.132 e. The van der Waals surface area contributed by atoms with Gasteiger partial charge in [-0.1, -0.05) is 13.0 Å². The van der Waals surface area contributed by atoms with E-state index in [1.807, 2.05) is 0 Å². The highest BCUT2D eigenvalue weighted by Gasteiger charge is 2.18. The highest BCUT2D eigenvalue weighted by molar-refractivity contribution is 5.91. The second-order valence-corrected chi connectivity index (χ2v) is 4.49. The number of H-pyrrole nitrogens is 1. The van der Waals surface area contributed by atoms with E-state index in [1.54, 1.807) is 0 Å². The Morgan fingerprint density at radius 3 is 3.24 bits per heavy atom. The van der Waals surface area contributed by atoms with Crippen molar-refractivity contribution in [2.75, 3.05) is 19.7 Å². The molecule has 0 saturated heterocycles. The van der Waals surface area contributed by atoms with Crippen LogP contribution >= 0.6 is 0 Å². The molecule has 0 unspecified atom stereocenters. The molecule has 0 aliphatic carbocycles. The first-order valence-corrected chi connectivity index (χ1v) is 6.35. The zero-order valence-corrected chi connectivity index (χ0v) is 10.2. The van der Waals surface area contributed by atoms with Gasteiger partial charge < -0.3 is 15.0 Å². The summed E-state index contributed by atoms with van der Waals surface area (Å²) in [5, 5.41) is 4.65. The van der Waals surface area contributed by atoms with Crippen molar-refractivity contribution >= 4 is 10.9 Å². The maximum absolute atomic E-state index is 5.78. The monoisotopic (exact) mass is 230 g/mol. The Morgan fingerprint density at radius 1 is 1.41 bits per heavy atom. The summed E-state index contributed by atoms with van der Waals surface area (Å²) < 4.78 is 5.78. The van der Waals surface area contributed by atoms with Gasteiger partial charge in [-0.05, 0) is 36.7 Å². The third-order valence-electron chi connectivity index (χ3n) is 3.40. The van der Waals surface area contributed by atoms with Gasteiger partial charge in [0.1, 0.15) is 5.75 Å². The molecule has 2 aromatic rings. The summed E-state index contributed by atoms with van der Waals surface area (Å²) in [5.41, 5.74) is 3.90. The minimum atomic E-state index is 0.826. The first-order valence-electron chi connectivity index (χ1n) is 6.35. The number of nitrogens with one attached hydrogen (secondary N) is 2. The Bertz CT molecular complexity index is 530. The SMILES string of the molecule is CCNCCc1c[nH]c2ccc3c(c12)OCC3. The number of benzene rings is 1. The fourth-order valence-electron chi connectivity index (χ4n) is 2.52. The van der Waals surface area contributed by atoms with E-state index in [-0.39, 0.29) is 0 Å². The van der Waals surface area contributed by atoms with Crippen molar-refractivity contribution in [2.45, 2.75) is 19.8 Å². The van der Waals surface area contributed by atoms with Crippen molar-refractivity contribution in [1.29, 1.82) is 0 Å². The fraction of sp³-hybridized carbons (Fsp3) is 0.429. The Morgan fingerprint density at radius 2 is 2.35 bits per heavy atom. The van der Waals surface area contributed by atoms with Crippen molar-refractivity contribution < 1.29 is 4.74 Å². The van der Waals surface area contributed by atoms with Crippen molar-refractivity contribution in [3.8, 4) is 5.75 Å². The van der Waals surface area contributed by atoms with Crippen LogP contribution in [0.3, 0.4) is 0 Å². The highest BCUT2D eigenvalue weighted by Crippen LogP contribution is 2.36. The molecule has 1 aromatic heterocycles. The Labute approximate surface area is 101 Å². The first kappa shape index (κ1) is 10.7. The first-order chi connectivity index (χ1) is 8.40. The number of ether oxygens (including phenoxy) is 1. The van der Waals surface area contributed by atoms with Crippen LogP contribution in [0.1, 0.15) is 18.1 Å². The highest BCUT2D eigenvalue weighted by atomic mass is 16.5. The molecule has 0 amide bonds. The summed E-state index contributed by atoms with van der Waals surface area (Å²) in [4.78, 5) is 3.34. The Hall–Kier alpha value is -1.48. The van der Waals surface area contributed by atoms with Crippen molar-refractivity contribution in [3.05, 3.63) is 29.5 Å². The van der Waals surface area contributed by atoms with Crippen LogP contribution in [0.25, 0.3) is 10.9 Å². The molecule has 3 nitrogen and oxygen atoms in total. The number of aromatic amines is 1. The Kier molecular flexibility index (Phi) is 2.77. The summed E-state index contributed by atoms with van der Waals surface area (Å²) in [6, 6.07) is 4.34. The molecule has 0 radical (unpaired) electrons. The standard InChI is InChI=1S/C14H18N2O/c1-2-15-7-5-11-9-16-12-4-3-10-6-8-17-14(10)13(11)12/h3-4,9,15-16H,2,5-8H2,1H3. The molecule has 1 aromatic carbocycles. The number of aromatic nitrogens is 1. The number of fused-ring (bicyclic) bond motifs is 3. The van der Waals surface area contributed by atoms with Crippen LogP contribution in [0, 0.1) is 0 Å². The third kappa shape index (κ3) is 1.80. The van der Waals surface area contributed by atoms with Crippen LogP contribution in [-0.4, -0.2) is 24.7 Å². The fourth-order valence-corrected chi connectivity index (χ4v) is 2.52. The molecule has 3 rings (SSSR count). The lowest BCUT2D eigenvalue weighted by Crippen LogP contribution is -2.15. The van der Waals surface area contributed by atoms with E-state index in [1.165, 1.54) is 22.0 Å². The normalized spacial score (nSPS) is 13.9. The van der Waals surface area contributed by atoms with E-state index in [9.17, 15) is 0 Å². The Balaban J connectivity index is 1.99. The smallest absolute Gasteiger partial charge is 0.132 e. The van der Waals surface area contributed by atoms with E-state index < -0.39 is 0 Å². The van der Waals surface area contributed by atoms with Gasteiger partial charge in [-0.15, -0.1) is 0 Å². The topological polar surface area (TPSA) is 37.0 Å². The van der Waals surface area contributed by atoms with Crippen LogP contribution in [-0.2, 0) is 12.8 Å². The minimum Gasteiger partial charge on any atom is -0.492 e. The number of hydrogen-bond acceptors (Lipinski definition) is 2. The molecule has 3 heteroatoms. The van der Waals surface area contributed by atoms with Crippen LogP contribution in [0.2, 0.25) is 0 Å². The summed E-state index contributed by atoms with van der Waals surface area (Å²) in [5.74, 6) is 1.11. The lowest BCUT2D eigenvalue weighted by molar-refractivity contribution is 0.360. The molecular formula is C14H18N2O. The maximum atomic E-state index is 5.78. The van der Waals surface area contributed by atoms with E-state index >= 15 is 0 Å². The predicted molar refractivity (Wildman–Crippen MR) is 69.7 cm³/mol. The van der Waals surface area contributed by atoms with Gasteiger partial charge in [-0.25, -0.2) is 0 Å². The molecule has 2 heterocycles. The largest absolute Gasteiger partial charge is 0.492 e. The zero-order chi connectivity index (χ0) is 11.7. The second-order valence-electron chi connectivity index (χ2n) is 4.49. The zero-order valence-electron chi connectivity index (χ0n) is 10.2. The van der Waals surface area contributed by atoms with Gasteiger partial charge in [-0.3, -0.25) is 0 Å². The second kappa shape index (κ2) is 4.41. The number of rotatable bonds is 4. The molecule has 17 heavy (non-hydrogen) atoms. The van der Waals surface area contributed by atoms with E-state index in [0.717, 1.165) is 38.3 Å². The van der Waals surface area contributed by atoms with Crippen LogP contribution in [0.5, 0.6) is 5.75 Å². The van der Waals surface area contributed by atoms with E-state index in [4.69, 9.17) is 4.74 Å². The number of hydrogen-bond donors (Lipinski definition) is 2. The average molecular weight is 230 g/mol. The van der Waals surface area contributed by atoms with Gasteiger partial charge in [0.15, 0.2) is 0 Å². The summed E-state index contributed by atoms with van der Waals surface area (Å²) in [7, 11) is 0. The quantitative estimate of drug-likeness (QED) is 0.790. The van der Waals surface area contributed by atoms with Crippen LogP contribution < -0.4 is 10.1 Å². The van der Waals surface area contributed by atoms with Crippen molar-refractivity contribution in [2.24, 2.45) is 0 Å². The molecule has 90 valence electrons. The molecule has 0 bridgehead atoms. The van der Waals surface area contributed by atoms with Gasteiger partial charge in [0, 0.05) is 23.5 Å². The molecule has 0 saturated carbocycles. The van der Waals surface area contributed by atoms with Gasteiger partial charge in [0.2, 0.25) is 0 Å². The van der Waals surface area contributed by atoms with Gasteiger partial charge in [-0.2, -0.15) is 0 Å². The lowest BCUT2D eigenvalue weighted by atomic mass is 10.1. The molecule has 0 atom stereocenters. The molecular weight excluding hydrogens is 212 g/mol. The van der Waals surface area contributed by atoms with Gasteiger partial charge in [0.05, 0.1) is 6.61 Å². The molecule has 1 aliphatic rings. The minimum absolute atomic E-state index is 0.826. The summed E-state index contributed by atoms with van der Waals surface area (Å²) in [6.07, 6.45) is 4.21. The summed E-state index contributed by atoms with van der Waals surface area (Å²) >= 11 is 0. The van der Waals surface area contributed by atoms with E-state index in [0.29, 0.717) is 0 Å². The molecule has 0 spiro atoms. The van der Waals surface area contributed by atoms with Crippen molar-refractivity contribution in [3.63, 3.8) is 0 Å². The third-order valence-corrected chi connectivity index (χ3v) is 3.40. The lowest BCUT2D eigenvalue weighted by Gasteiger charge is -2.05. The summed E-state index contributed by atoms with van der Waals surface area (Å²) in [6.45, 7) is 5.01. The average Bonchev–Trinajstić information content (AvgIpc) is 2.94. The van der Waals surface area contributed by atoms with Crippen LogP contribution in [0.15, 0.2) is 18.3 Å². The molecule has 1 aliphatic heterocycles. The number of likely N-dealkylation sites (N-methyl/N-ethyl adjacent to an activating group) is 1. The van der Waals surface area contributed by atoms with Gasteiger partial charge in [0.25, 0.3) is 0 Å².